The normalized spacial score (nSPS) is 18.9. The third kappa shape index (κ3) is 2.72. The van der Waals surface area contributed by atoms with Crippen molar-refractivity contribution in [3.8, 4) is 0 Å². The van der Waals surface area contributed by atoms with Gasteiger partial charge in [0.25, 0.3) is 0 Å². The molecule has 0 aliphatic carbocycles. The van der Waals surface area contributed by atoms with E-state index >= 15 is 0 Å². The Labute approximate surface area is 128 Å². The lowest BCUT2D eigenvalue weighted by Crippen LogP contribution is -2.35. The number of carbonyl (C=O) groups is 1. The van der Waals surface area contributed by atoms with Gasteiger partial charge in [-0.05, 0) is 30.2 Å². The van der Waals surface area contributed by atoms with Gasteiger partial charge < -0.3 is 9.64 Å². The lowest BCUT2D eigenvalue weighted by Gasteiger charge is -2.36. The summed E-state index contributed by atoms with van der Waals surface area (Å²) in [4.78, 5) is 14.1. The van der Waals surface area contributed by atoms with E-state index in [-0.39, 0.29) is 17.8 Å². The zero-order chi connectivity index (χ0) is 15.5. The van der Waals surface area contributed by atoms with Crippen molar-refractivity contribution in [2.75, 3.05) is 0 Å². The van der Waals surface area contributed by atoms with Crippen LogP contribution in [0.1, 0.15) is 30.1 Å². The molecule has 2 atom stereocenters. The Balaban J connectivity index is 1.96. The maximum Gasteiger partial charge on any atom is 0.338 e. The van der Waals surface area contributed by atoms with Crippen molar-refractivity contribution in [2.24, 2.45) is 0 Å². The van der Waals surface area contributed by atoms with Crippen LogP contribution >= 0.6 is 0 Å². The van der Waals surface area contributed by atoms with E-state index in [0.29, 0.717) is 5.56 Å². The number of esters is 1. The number of nitrogens with zero attached hydrogens (tertiary/aromatic N) is 1. The molecular formula is C18H16FNO2. The number of cyclic esters (lactones) is 1. The summed E-state index contributed by atoms with van der Waals surface area (Å²) in [6.45, 7) is 2.02. The molecule has 0 radical (unpaired) electrons. The monoisotopic (exact) mass is 297 g/mol. The van der Waals surface area contributed by atoms with E-state index in [1.54, 1.807) is 18.3 Å². The van der Waals surface area contributed by atoms with E-state index < -0.39 is 6.04 Å². The molecule has 3 rings (SSSR count). The van der Waals surface area contributed by atoms with Gasteiger partial charge in [-0.1, -0.05) is 42.5 Å². The van der Waals surface area contributed by atoms with Gasteiger partial charge in [-0.25, -0.2) is 9.18 Å². The molecule has 0 saturated carbocycles. The van der Waals surface area contributed by atoms with Crippen molar-refractivity contribution >= 4 is 5.97 Å². The molecule has 1 aliphatic rings. The highest BCUT2D eigenvalue weighted by Gasteiger charge is 2.33. The largest absolute Gasteiger partial charge is 0.431 e. The first-order valence-electron chi connectivity index (χ1n) is 7.12. The van der Waals surface area contributed by atoms with Crippen LogP contribution in [-0.4, -0.2) is 10.9 Å². The summed E-state index contributed by atoms with van der Waals surface area (Å²) in [5.74, 6) is -0.692. The lowest BCUT2D eigenvalue weighted by molar-refractivity contribution is -0.146. The maximum absolute atomic E-state index is 13.1. The molecule has 1 aliphatic heterocycles. The fraction of sp³-hybridized carbons (Fsp3) is 0.167. The van der Waals surface area contributed by atoms with Gasteiger partial charge in [-0.3, -0.25) is 0 Å². The number of hydrogen-bond acceptors (Lipinski definition) is 3. The smallest absolute Gasteiger partial charge is 0.338 e. The van der Waals surface area contributed by atoms with Crippen molar-refractivity contribution < 1.29 is 13.9 Å². The van der Waals surface area contributed by atoms with Crippen molar-refractivity contribution in [3.63, 3.8) is 0 Å². The summed E-state index contributed by atoms with van der Waals surface area (Å²) in [7, 11) is 0. The predicted octanol–water partition coefficient (Wildman–Crippen LogP) is 3.96. The van der Waals surface area contributed by atoms with Crippen LogP contribution in [0, 0.1) is 5.82 Å². The van der Waals surface area contributed by atoms with Gasteiger partial charge in [-0.15, -0.1) is 0 Å². The highest BCUT2D eigenvalue weighted by molar-refractivity contribution is 5.79. The molecule has 1 heterocycles. The highest BCUT2D eigenvalue weighted by atomic mass is 19.1. The lowest BCUT2D eigenvalue weighted by atomic mass is 10.00. The van der Waals surface area contributed by atoms with E-state index in [1.807, 2.05) is 42.2 Å². The number of ether oxygens (including phenoxy) is 1. The van der Waals surface area contributed by atoms with Crippen molar-refractivity contribution in [1.29, 1.82) is 0 Å². The first-order chi connectivity index (χ1) is 10.7. The van der Waals surface area contributed by atoms with Gasteiger partial charge in [0.15, 0.2) is 6.04 Å². The molecular weight excluding hydrogens is 281 g/mol. The third-order valence-electron chi connectivity index (χ3n) is 3.85. The Morgan fingerprint density at radius 2 is 1.77 bits per heavy atom. The van der Waals surface area contributed by atoms with Crippen LogP contribution in [0.15, 0.2) is 67.1 Å². The first-order valence-corrected chi connectivity index (χ1v) is 7.12. The fourth-order valence-corrected chi connectivity index (χ4v) is 2.65. The fourth-order valence-electron chi connectivity index (χ4n) is 2.65. The summed E-state index contributed by atoms with van der Waals surface area (Å²) in [5, 5.41) is 0. The second-order valence-corrected chi connectivity index (χ2v) is 5.21. The molecule has 0 fully saturated rings. The zero-order valence-electron chi connectivity index (χ0n) is 12.1. The molecule has 0 amide bonds. The zero-order valence-corrected chi connectivity index (χ0v) is 12.1. The molecule has 2 aromatic rings. The molecule has 0 aromatic heterocycles. The number of benzene rings is 2. The Bertz CT molecular complexity index is 682. The minimum absolute atomic E-state index is 0.0136. The van der Waals surface area contributed by atoms with Crippen LogP contribution in [0.3, 0.4) is 0 Å². The van der Waals surface area contributed by atoms with E-state index in [2.05, 4.69) is 0 Å². The molecule has 4 heteroatoms. The average Bonchev–Trinajstić information content (AvgIpc) is 2.56. The quantitative estimate of drug-likeness (QED) is 0.803. The molecule has 112 valence electrons. The van der Waals surface area contributed by atoms with E-state index in [1.165, 1.54) is 18.4 Å². The van der Waals surface area contributed by atoms with Crippen molar-refractivity contribution in [3.05, 3.63) is 84.0 Å². The number of rotatable bonds is 3. The first kappa shape index (κ1) is 14.3. The molecule has 0 spiro atoms. The van der Waals surface area contributed by atoms with Crippen LogP contribution in [0.2, 0.25) is 0 Å². The average molecular weight is 297 g/mol. The Morgan fingerprint density at radius 3 is 2.45 bits per heavy atom. The molecule has 0 N–H and O–H groups in total. The van der Waals surface area contributed by atoms with Crippen LogP contribution in [0.4, 0.5) is 4.39 Å². The summed E-state index contributed by atoms with van der Waals surface area (Å²) >= 11 is 0. The van der Waals surface area contributed by atoms with Gasteiger partial charge in [0.05, 0.1) is 6.04 Å². The molecule has 0 saturated heterocycles. The second kappa shape index (κ2) is 6.02. The van der Waals surface area contributed by atoms with E-state index in [4.69, 9.17) is 4.74 Å². The summed E-state index contributed by atoms with van der Waals surface area (Å²) in [5.41, 5.74) is 1.80. The Morgan fingerprint density at radius 1 is 1.09 bits per heavy atom. The number of halogens is 1. The molecule has 2 aromatic carbocycles. The van der Waals surface area contributed by atoms with Gasteiger partial charge in [0.2, 0.25) is 0 Å². The molecule has 22 heavy (non-hydrogen) atoms. The second-order valence-electron chi connectivity index (χ2n) is 5.21. The van der Waals surface area contributed by atoms with Crippen LogP contribution < -0.4 is 0 Å². The summed E-state index contributed by atoms with van der Waals surface area (Å²) in [6, 6.07) is 15.2. The van der Waals surface area contributed by atoms with Gasteiger partial charge >= 0.3 is 5.97 Å². The van der Waals surface area contributed by atoms with E-state index in [9.17, 15) is 9.18 Å². The standard InChI is InChI=1S/C18H16FNO2/c1-13(14-5-3-2-4-6-14)20-11-12-22-18(21)17(20)15-7-9-16(19)10-8-15/h2-13,17H,1H3/t13-,17?/m0/s1. The molecule has 0 bridgehead atoms. The Kier molecular flexibility index (Phi) is 3.92. The minimum atomic E-state index is -0.583. The Hall–Kier alpha value is -2.62. The SMILES string of the molecule is C[C@@H](c1ccccc1)N1C=COC(=O)C1c1ccc(F)cc1. The minimum Gasteiger partial charge on any atom is -0.431 e. The highest BCUT2D eigenvalue weighted by Crippen LogP contribution is 2.34. The van der Waals surface area contributed by atoms with E-state index in [0.717, 1.165) is 5.56 Å². The molecule has 1 unspecified atom stereocenters. The summed E-state index contributed by atoms with van der Waals surface area (Å²) in [6.07, 6.45) is 3.15. The van der Waals surface area contributed by atoms with Gasteiger partial charge in [0.1, 0.15) is 12.1 Å². The van der Waals surface area contributed by atoms with Crippen molar-refractivity contribution in [1.82, 2.24) is 4.90 Å². The molecule has 3 nitrogen and oxygen atoms in total. The van der Waals surface area contributed by atoms with Crippen LogP contribution in [0.5, 0.6) is 0 Å². The number of hydrogen-bond donors (Lipinski definition) is 0. The van der Waals surface area contributed by atoms with Crippen molar-refractivity contribution in [2.45, 2.75) is 19.0 Å². The predicted molar refractivity (Wildman–Crippen MR) is 81.1 cm³/mol. The number of carbonyl (C=O) groups excluding carboxylic acids is 1. The third-order valence-corrected chi connectivity index (χ3v) is 3.85. The summed E-state index contributed by atoms with van der Waals surface area (Å²) < 4.78 is 18.2. The topological polar surface area (TPSA) is 29.5 Å². The maximum atomic E-state index is 13.1. The van der Waals surface area contributed by atoms with Gasteiger partial charge in [-0.2, -0.15) is 0 Å². The van der Waals surface area contributed by atoms with Gasteiger partial charge in [0, 0.05) is 6.20 Å². The van der Waals surface area contributed by atoms with Crippen LogP contribution in [0.25, 0.3) is 0 Å². The van der Waals surface area contributed by atoms with Crippen LogP contribution in [-0.2, 0) is 9.53 Å².